The average molecular weight is 952 g/mol. The summed E-state index contributed by atoms with van der Waals surface area (Å²) in [5.74, 6) is 0. The van der Waals surface area contributed by atoms with Gasteiger partial charge in [0.05, 0.1) is 0 Å². The SMILES string of the molecule is CC(C)(C)c1ccc2c(c1)B1c3ccc(N(c4ccccc4)c4ccccc4)cc3N(c3ccc4c(c3)C(C)(C)c3ccccc3-4)c3cc(S(C)(C)C)cc(c31)N2c1ccc2c(c1)-c1ccccc1C2(C)C. The number of benzene rings is 9. The Morgan fingerprint density at radius 2 is 0.944 bits per heavy atom. The van der Waals surface area contributed by atoms with E-state index in [9.17, 15) is 0 Å². The fourth-order valence-corrected chi connectivity index (χ4v) is 13.7. The average Bonchev–Trinajstić information content (AvgIpc) is 3.74. The lowest BCUT2D eigenvalue weighted by molar-refractivity contribution is 0.591. The van der Waals surface area contributed by atoms with Crippen LogP contribution < -0.4 is 31.1 Å². The van der Waals surface area contributed by atoms with Crippen LogP contribution in [0.2, 0.25) is 0 Å². The van der Waals surface area contributed by atoms with Gasteiger partial charge >= 0.3 is 0 Å². The van der Waals surface area contributed by atoms with Gasteiger partial charge in [-0.2, -0.15) is 0 Å². The zero-order chi connectivity index (χ0) is 49.6. The third-order valence-corrected chi connectivity index (χ3v) is 18.2. The van der Waals surface area contributed by atoms with Crippen LogP contribution in [0, 0.1) is 0 Å². The summed E-state index contributed by atoms with van der Waals surface area (Å²) in [5, 5.41) is 0. The van der Waals surface area contributed by atoms with Crippen LogP contribution in [0.15, 0.2) is 199 Å². The summed E-state index contributed by atoms with van der Waals surface area (Å²) in [5.41, 5.74) is 26.6. The van der Waals surface area contributed by atoms with Crippen molar-refractivity contribution in [3.8, 4) is 22.3 Å². The molecule has 2 aliphatic heterocycles. The topological polar surface area (TPSA) is 9.72 Å². The van der Waals surface area contributed by atoms with Crippen LogP contribution in [0.1, 0.15) is 76.3 Å². The molecule has 0 saturated heterocycles. The summed E-state index contributed by atoms with van der Waals surface area (Å²) in [6.07, 6.45) is 7.36. The van der Waals surface area contributed by atoms with Crippen molar-refractivity contribution < 1.29 is 0 Å². The summed E-state index contributed by atoms with van der Waals surface area (Å²) >= 11 is 0. The van der Waals surface area contributed by atoms with E-state index in [0.717, 1.165) is 17.1 Å². The molecule has 0 fully saturated rings. The van der Waals surface area contributed by atoms with Crippen LogP contribution >= 0.6 is 10.0 Å². The molecule has 3 nitrogen and oxygen atoms in total. The van der Waals surface area contributed by atoms with Crippen molar-refractivity contribution in [2.45, 2.75) is 69.6 Å². The van der Waals surface area contributed by atoms with Crippen LogP contribution in [-0.2, 0) is 16.2 Å². The summed E-state index contributed by atoms with van der Waals surface area (Å²) in [6, 6.07) is 74.2. The Balaban J connectivity index is 1.12. The van der Waals surface area contributed by atoms with E-state index in [-0.39, 0.29) is 23.0 Å². The molecule has 9 aromatic carbocycles. The highest BCUT2D eigenvalue weighted by molar-refractivity contribution is 8.32. The summed E-state index contributed by atoms with van der Waals surface area (Å²) in [7, 11) is -1.24. The molecule has 0 aromatic heterocycles. The summed E-state index contributed by atoms with van der Waals surface area (Å²) in [4.78, 5) is 9.08. The number of hydrogen-bond donors (Lipinski definition) is 0. The Morgan fingerprint density at radius 3 is 1.57 bits per heavy atom. The molecular formula is C67H62BN3S. The molecule has 354 valence electrons. The maximum absolute atomic E-state index is 2.65. The second-order valence-corrected chi connectivity index (χ2v) is 27.5. The molecule has 0 atom stereocenters. The molecule has 4 aliphatic rings. The van der Waals surface area contributed by atoms with Crippen LogP contribution in [0.4, 0.5) is 51.2 Å². The Bertz CT molecular complexity index is 3650. The van der Waals surface area contributed by atoms with E-state index in [1.165, 1.54) is 105 Å². The first-order valence-electron chi connectivity index (χ1n) is 25.6. The Hall–Kier alpha value is -7.21. The van der Waals surface area contributed by atoms with Crippen molar-refractivity contribution in [3.05, 3.63) is 222 Å². The van der Waals surface area contributed by atoms with E-state index in [4.69, 9.17) is 0 Å². The molecule has 0 amide bonds. The first-order valence-corrected chi connectivity index (χ1v) is 28.5. The van der Waals surface area contributed by atoms with E-state index in [0.29, 0.717) is 0 Å². The van der Waals surface area contributed by atoms with Crippen molar-refractivity contribution in [1.29, 1.82) is 0 Å². The summed E-state index contributed by atoms with van der Waals surface area (Å²) in [6.45, 7) is 16.6. The zero-order valence-corrected chi connectivity index (χ0v) is 44.1. The minimum absolute atomic E-state index is 0.0287. The van der Waals surface area contributed by atoms with E-state index in [2.05, 4.69) is 276 Å². The largest absolute Gasteiger partial charge is 0.311 e. The molecule has 5 heteroatoms. The third kappa shape index (κ3) is 6.59. The van der Waals surface area contributed by atoms with Gasteiger partial charge in [-0.05, 0) is 174 Å². The molecule has 13 rings (SSSR count). The normalized spacial score (nSPS) is 15.4. The second kappa shape index (κ2) is 15.6. The smallest absolute Gasteiger partial charge is 0.252 e. The predicted molar refractivity (Wildman–Crippen MR) is 313 cm³/mol. The van der Waals surface area contributed by atoms with Gasteiger partial charge in [0.25, 0.3) is 6.71 Å². The van der Waals surface area contributed by atoms with Crippen molar-refractivity contribution in [2.75, 3.05) is 33.5 Å². The van der Waals surface area contributed by atoms with Gasteiger partial charge < -0.3 is 14.7 Å². The summed E-state index contributed by atoms with van der Waals surface area (Å²) < 4.78 is 0. The second-order valence-electron chi connectivity index (χ2n) is 23.4. The molecule has 9 aromatic rings. The van der Waals surface area contributed by atoms with Gasteiger partial charge in [-0.25, -0.2) is 10.0 Å². The molecule has 72 heavy (non-hydrogen) atoms. The molecule has 0 saturated carbocycles. The highest BCUT2D eigenvalue weighted by atomic mass is 32.3. The van der Waals surface area contributed by atoms with Gasteiger partial charge in [0.15, 0.2) is 0 Å². The molecule has 0 N–H and O–H groups in total. The van der Waals surface area contributed by atoms with Crippen molar-refractivity contribution in [3.63, 3.8) is 0 Å². The van der Waals surface area contributed by atoms with Gasteiger partial charge in [0.1, 0.15) is 0 Å². The van der Waals surface area contributed by atoms with Crippen LogP contribution in [0.3, 0.4) is 0 Å². The maximum Gasteiger partial charge on any atom is 0.252 e. The molecular weight excluding hydrogens is 890 g/mol. The van der Waals surface area contributed by atoms with Gasteiger partial charge in [-0.3, -0.25) is 0 Å². The quantitative estimate of drug-likeness (QED) is 0.154. The molecule has 0 radical (unpaired) electrons. The van der Waals surface area contributed by atoms with Gasteiger partial charge in [0, 0.05) is 62.0 Å². The standard InChI is InChI=1S/C67H62BN3S/c1-65(2,3)43-29-36-60-59(37-43)68-58-35-32-48(69(44-21-13-11-14-22-44)45-23-15-12-16-24-45)40-61(58)71(47-30-33-52-50-25-17-19-27-54(50)67(6,7)57(52)39-47)63-42-49(72(8,9)10)41-62(64(63)68)70(60)46-31-34-56-53(38-46)51-26-18-20-28-55(51)66(56,4)5/h11-42H,1-10H3. The number of rotatable bonds is 6. The van der Waals surface area contributed by atoms with Crippen LogP contribution in [0.25, 0.3) is 22.3 Å². The van der Waals surface area contributed by atoms with E-state index < -0.39 is 10.0 Å². The van der Waals surface area contributed by atoms with Crippen molar-refractivity contribution in [2.24, 2.45) is 0 Å². The highest BCUT2D eigenvalue weighted by Crippen LogP contribution is 2.56. The van der Waals surface area contributed by atoms with Gasteiger partial charge in [-0.15, -0.1) is 0 Å². The first-order chi connectivity index (χ1) is 34.5. The first kappa shape index (κ1) is 44.7. The van der Waals surface area contributed by atoms with Crippen molar-refractivity contribution in [1.82, 2.24) is 0 Å². The number of para-hydroxylation sites is 2. The van der Waals surface area contributed by atoms with Crippen LogP contribution in [0.5, 0.6) is 0 Å². The number of fused-ring (bicyclic) bond motifs is 10. The Kier molecular flexibility index (Phi) is 9.72. The molecule has 2 aliphatic carbocycles. The lowest BCUT2D eigenvalue weighted by atomic mass is 9.33. The zero-order valence-electron chi connectivity index (χ0n) is 43.3. The lowest BCUT2D eigenvalue weighted by Crippen LogP contribution is -2.61. The molecule has 0 unspecified atom stereocenters. The Labute approximate surface area is 429 Å². The molecule has 2 heterocycles. The molecule has 0 spiro atoms. The minimum Gasteiger partial charge on any atom is -0.311 e. The Morgan fingerprint density at radius 1 is 0.417 bits per heavy atom. The monoisotopic (exact) mass is 951 g/mol. The lowest BCUT2D eigenvalue weighted by Gasteiger charge is -2.46. The fraction of sp³-hybridized carbons (Fsp3) is 0.194. The number of hydrogen-bond acceptors (Lipinski definition) is 3. The third-order valence-electron chi connectivity index (χ3n) is 16.5. The maximum atomic E-state index is 2.65. The predicted octanol–water partition coefficient (Wildman–Crippen LogP) is 16.2. The van der Waals surface area contributed by atoms with Crippen molar-refractivity contribution >= 4 is 84.3 Å². The minimum atomic E-state index is -1.24. The van der Waals surface area contributed by atoms with Gasteiger partial charge in [-0.1, -0.05) is 164 Å². The van der Waals surface area contributed by atoms with E-state index in [1.54, 1.807) is 0 Å². The van der Waals surface area contributed by atoms with Gasteiger partial charge in [0.2, 0.25) is 0 Å². The fourth-order valence-electron chi connectivity index (χ4n) is 12.8. The molecule has 0 bridgehead atoms. The van der Waals surface area contributed by atoms with E-state index >= 15 is 0 Å². The number of nitrogens with zero attached hydrogens (tertiary/aromatic N) is 3. The van der Waals surface area contributed by atoms with Crippen LogP contribution in [-0.4, -0.2) is 25.5 Å². The number of anilines is 9. The van der Waals surface area contributed by atoms with E-state index in [1.807, 2.05) is 0 Å². The highest BCUT2D eigenvalue weighted by Gasteiger charge is 2.46.